The summed E-state index contributed by atoms with van der Waals surface area (Å²) in [4.78, 5) is 14.1. The normalized spacial score (nSPS) is 12.7. The Morgan fingerprint density at radius 2 is 1.85 bits per heavy atom. The number of hydrogen-bond donors (Lipinski definition) is 1. The lowest BCUT2D eigenvalue weighted by Crippen LogP contribution is -2.48. The maximum atomic E-state index is 11.9. The molecule has 0 fully saturated rings. The summed E-state index contributed by atoms with van der Waals surface area (Å²) < 4.78 is 15.3. The highest BCUT2D eigenvalue weighted by atomic mass is 16.5. The van der Waals surface area contributed by atoms with Crippen molar-refractivity contribution in [1.29, 1.82) is 0 Å². The lowest BCUT2D eigenvalue weighted by molar-refractivity contribution is -0.146. The Hall–Kier alpha value is -0.690. The van der Waals surface area contributed by atoms with Crippen molar-refractivity contribution < 1.29 is 19.0 Å². The maximum Gasteiger partial charge on any atom is 0.324 e. The summed E-state index contributed by atoms with van der Waals surface area (Å²) in [7, 11) is 3.38. The maximum absolute atomic E-state index is 11.9. The van der Waals surface area contributed by atoms with Gasteiger partial charge in [0.2, 0.25) is 0 Å². The molecule has 0 aliphatic carbocycles. The van der Waals surface area contributed by atoms with Crippen LogP contribution in [0.5, 0.6) is 0 Å². The van der Waals surface area contributed by atoms with Gasteiger partial charge < -0.3 is 19.5 Å². The fourth-order valence-corrected chi connectivity index (χ4v) is 1.92. The van der Waals surface area contributed by atoms with E-state index in [1.165, 1.54) is 0 Å². The molecule has 0 bridgehead atoms. The molecule has 0 saturated heterocycles. The number of likely N-dealkylation sites (N-methyl/N-ethyl adjacent to an activating group) is 1. The van der Waals surface area contributed by atoms with E-state index in [0.29, 0.717) is 19.8 Å². The molecule has 120 valence electrons. The van der Waals surface area contributed by atoms with Crippen LogP contribution >= 0.6 is 0 Å². The molecule has 20 heavy (non-hydrogen) atoms. The average Bonchev–Trinajstić information content (AvgIpc) is 2.44. The van der Waals surface area contributed by atoms with Crippen molar-refractivity contribution in [3.05, 3.63) is 0 Å². The van der Waals surface area contributed by atoms with Crippen LogP contribution in [0.2, 0.25) is 0 Å². The molecule has 0 aromatic rings. The van der Waals surface area contributed by atoms with E-state index < -0.39 is 0 Å². The van der Waals surface area contributed by atoms with Gasteiger partial charge in [0.15, 0.2) is 0 Å². The number of ether oxygens (including phenoxy) is 3. The number of esters is 1. The molecule has 0 saturated carbocycles. The number of rotatable bonds is 13. The van der Waals surface area contributed by atoms with Crippen molar-refractivity contribution in [2.24, 2.45) is 0 Å². The molecule has 0 aromatic heterocycles. The predicted octanol–water partition coefficient (Wildman–Crippen LogP) is 0.513. The van der Waals surface area contributed by atoms with Gasteiger partial charge in [-0.25, -0.2) is 0 Å². The fraction of sp³-hybridized carbons (Fsp3) is 0.929. The second-order valence-electron chi connectivity index (χ2n) is 4.50. The summed E-state index contributed by atoms with van der Waals surface area (Å²) in [5, 5.41) is 3.18. The Kier molecular flexibility index (Phi) is 12.8. The fourth-order valence-electron chi connectivity index (χ4n) is 1.92. The SMILES string of the molecule is CCNC(CN(CCCOC)CCOC)C(=O)OCC. The van der Waals surface area contributed by atoms with Crippen LogP contribution in [0.3, 0.4) is 0 Å². The first-order chi connectivity index (χ1) is 9.69. The van der Waals surface area contributed by atoms with Crippen LogP contribution < -0.4 is 5.32 Å². The van der Waals surface area contributed by atoms with Crippen LogP contribution in [-0.2, 0) is 19.0 Å². The standard InChI is InChI=1S/C14H30N2O4/c1-5-15-13(14(17)20-6-2)12-16(9-11-19-4)8-7-10-18-3/h13,15H,5-12H2,1-4H3. The van der Waals surface area contributed by atoms with E-state index in [9.17, 15) is 4.79 Å². The van der Waals surface area contributed by atoms with Gasteiger partial charge in [-0.05, 0) is 19.9 Å². The number of carbonyl (C=O) groups is 1. The average molecular weight is 290 g/mol. The third-order valence-electron chi connectivity index (χ3n) is 2.90. The van der Waals surface area contributed by atoms with Crippen LogP contribution in [0.4, 0.5) is 0 Å². The molecule has 0 aromatic carbocycles. The van der Waals surface area contributed by atoms with Gasteiger partial charge >= 0.3 is 5.97 Å². The van der Waals surface area contributed by atoms with Gasteiger partial charge in [0.05, 0.1) is 13.2 Å². The molecule has 1 atom stereocenters. The molecule has 0 radical (unpaired) electrons. The van der Waals surface area contributed by atoms with Gasteiger partial charge in [0.1, 0.15) is 6.04 Å². The minimum atomic E-state index is -0.292. The smallest absolute Gasteiger partial charge is 0.324 e. The largest absolute Gasteiger partial charge is 0.465 e. The van der Waals surface area contributed by atoms with Crippen molar-refractivity contribution in [3.63, 3.8) is 0 Å². The quantitative estimate of drug-likeness (QED) is 0.394. The van der Waals surface area contributed by atoms with Crippen molar-refractivity contribution in [2.75, 3.05) is 60.2 Å². The highest BCUT2D eigenvalue weighted by Gasteiger charge is 2.21. The van der Waals surface area contributed by atoms with E-state index in [4.69, 9.17) is 14.2 Å². The number of nitrogens with one attached hydrogen (secondary N) is 1. The highest BCUT2D eigenvalue weighted by molar-refractivity contribution is 5.76. The first-order valence-electron chi connectivity index (χ1n) is 7.29. The van der Waals surface area contributed by atoms with Crippen LogP contribution in [0.1, 0.15) is 20.3 Å². The van der Waals surface area contributed by atoms with E-state index in [0.717, 1.165) is 32.7 Å². The topological polar surface area (TPSA) is 60.0 Å². The Morgan fingerprint density at radius 1 is 1.15 bits per heavy atom. The summed E-state index contributed by atoms with van der Waals surface area (Å²) >= 11 is 0. The van der Waals surface area contributed by atoms with Gasteiger partial charge in [-0.1, -0.05) is 6.92 Å². The minimum absolute atomic E-state index is 0.191. The van der Waals surface area contributed by atoms with Crippen molar-refractivity contribution >= 4 is 5.97 Å². The number of carbonyl (C=O) groups excluding carboxylic acids is 1. The number of hydrogen-bond acceptors (Lipinski definition) is 6. The monoisotopic (exact) mass is 290 g/mol. The van der Waals surface area contributed by atoms with Gasteiger partial charge in [-0.2, -0.15) is 0 Å². The van der Waals surface area contributed by atoms with Gasteiger partial charge in [0, 0.05) is 40.5 Å². The molecule has 0 aliphatic heterocycles. The molecule has 0 heterocycles. The molecule has 0 spiro atoms. The van der Waals surface area contributed by atoms with Gasteiger partial charge in [0.25, 0.3) is 0 Å². The molecular formula is C14H30N2O4. The van der Waals surface area contributed by atoms with E-state index in [1.807, 2.05) is 13.8 Å². The lowest BCUT2D eigenvalue weighted by Gasteiger charge is -2.26. The molecule has 6 nitrogen and oxygen atoms in total. The summed E-state index contributed by atoms with van der Waals surface area (Å²) in [6.07, 6.45) is 0.932. The Morgan fingerprint density at radius 3 is 2.40 bits per heavy atom. The van der Waals surface area contributed by atoms with Crippen LogP contribution in [0.25, 0.3) is 0 Å². The van der Waals surface area contributed by atoms with Crippen LogP contribution in [0, 0.1) is 0 Å². The first-order valence-corrected chi connectivity index (χ1v) is 7.29. The molecule has 1 unspecified atom stereocenters. The predicted molar refractivity (Wildman–Crippen MR) is 78.9 cm³/mol. The Balaban J connectivity index is 4.39. The number of methoxy groups -OCH3 is 2. The summed E-state index contributed by atoms with van der Waals surface area (Å²) in [5.74, 6) is -0.191. The summed E-state index contributed by atoms with van der Waals surface area (Å²) in [6, 6.07) is -0.292. The summed E-state index contributed by atoms with van der Waals surface area (Å²) in [6.45, 7) is 8.60. The minimum Gasteiger partial charge on any atom is -0.465 e. The zero-order chi connectivity index (χ0) is 15.2. The zero-order valence-electron chi connectivity index (χ0n) is 13.3. The molecule has 6 heteroatoms. The lowest BCUT2D eigenvalue weighted by atomic mass is 10.2. The van der Waals surface area contributed by atoms with Crippen molar-refractivity contribution in [3.8, 4) is 0 Å². The Labute approximate surface area is 122 Å². The molecule has 1 N–H and O–H groups in total. The molecule has 0 rings (SSSR count). The Bertz CT molecular complexity index is 239. The first kappa shape index (κ1) is 19.3. The molecular weight excluding hydrogens is 260 g/mol. The molecule has 0 aliphatic rings. The number of nitrogens with zero attached hydrogens (tertiary/aromatic N) is 1. The third kappa shape index (κ3) is 9.25. The second kappa shape index (κ2) is 13.3. The van der Waals surface area contributed by atoms with E-state index in [1.54, 1.807) is 14.2 Å². The van der Waals surface area contributed by atoms with Crippen molar-refractivity contribution in [1.82, 2.24) is 10.2 Å². The molecule has 0 amide bonds. The van der Waals surface area contributed by atoms with Crippen LogP contribution in [0.15, 0.2) is 0 Å². The zero-order valence-corrected chi connectivity index (χ0v) is 13.3. The van der Waals surface area contributed by atoms with Gasteiger partial charge in [-0.15, -0.1) is 0 Å². The van der Waals surface area contributed by atoms with E-state index in [-0.39, 0.29) is 12.0 Å². The van der Waals surface area contributed by atoms with Gasteiger partial charge in [-0.3, -0.25) is 9.69 Å². The third-order valence-corrected chi connectivity index (χ3v) is 2.90. The summed E-state index contributed by atoms with van der Waals surface area (Å²) in [5.41, 5.74) is 0. The second-order valence-corrected chi connectivity index (χ2v) is 4.50. The van der Waals surface area contributed by atoms with E-state index >= 15 is 0 Å². The highest BCUT2D eigenvalue weighted by Crippen LogP contribution is 1.99. The van der Waals surface area contributed by atoms with E-state index in [2.05, 4.69) is 10.2 Å². The van der Waals surface area contributed by atoms with Crippen LogP contribution in [-0.4, -0.2) is 77.1 Å². The van der Waals surface area contributed by atoms with Crippen molar-refractivity contribution in [2.45, 2.75) is 26.3 Å².